The number of hydrogen-bond donors (Lipinski definition) is 2. The molecule has 0 saturated heterocycles. The van der Waals surface area contributed by atoms with Crippen molar-refractivity contribution < 1.29 is 19.4 Å². The molecule has 0 radical (unpaired) electrons. The number of carboxylic acid groups (broad SMARTS) is 1. The predicted octanol–water partition coefficient (Wildman–Crippen LogP) is 2.77. The SMILES string of the molecule is C=CCCC(NC(=O)C(C)(C)COCc1ccccc1)C(=O)O. The smallest absolute Gasteiger partial charge is 0.326 e. The van der Waals surface area contributed by atoms with Crippen molar-refractivity contribution in [3.63, 3.8) is 0 Å². The van der Waals surface area contributed by atoms with E-state index in [-0.39, 0.29) is 12.5 Å². The number of carbonyl (C=O) groups is 2. The highest BCUT2D eigenvalue weighted by atomic mass is 16.5. The molecule has 0 saturated carbocycles. The normalized spacial score (nSPS) is 12.4. The van der Waals surface area contributed by atoms with E-state index in [1.165, 1.54) is 0 Å². The molecule has 1 amide bonds. The van der Waals surface area contributed by atoms with E-state index in [2.05, 4.69) is 11.9 Å². The van der Waals surface area contributed by atoms with Crippen LogP contribution in [0.25, 0.3) is 0 Å². The van der Waals surface area contributed by atoms with Crippen LogP contribution in [0.5, 0.6) is 0 Å². The summed E-state index contributed by atoms with van der Waals surface area (Å²) in [6.45, 7) is 7.66. The van der Waals surface area contributed by atoms with Gasteiger partial charge in [0, 0.05) is 0 Å². The standard InChI is InChI=1S/C18H25NO4/c1-4-5-11-15(16(20)21)19-17(22)18(2,3)13-23-12-14-9-7-6-8-10-14/h4,6-10,15H,1,5,11-13H2,2-3H3,(H,19,22)(H,20,21). The molecule has 23 heavy (non-hydrogen) atoms. The van der Waals surface area contributed by atoms with Crippen LogP contribution in [0.1, 0.15) is 32.3 Å². The molecule has 1 unspecified atom stereocenters. The molecule has 1 aromatic carbocycles. The second kappa shape index (κ2) is 9.10. The fourth-order valence-electron chi connectivity index (χ4n) is 1.96. The summed E-state index contributed by atoms with van der Waals surface area (Å²) in [5, 5.41) is 11.7. The Labute approximate surface area is 137 Å². The van der Waals surface area contributed by atoms with Crippen LogP contribution >= 0.6 is 0 Å². The lowest BCUT2D eigenvalue weighted by atomic mass is 9.93. The van der Waals surface area contributed by atoms with Gasteiger partial charge in [-0.1, -0.05) is 36.4 Å². The van der Waals surface area contributed by atoms with Gasteiger partial charge in [0.15, 0.2) is 0 Å². The summed E-state index contributed by atoms with van der Waals surface area (Å²) < 4.78 is 5.60. The molecule has 0 bridgehead atoms. The Morgan fingerprint density at radius 2 is 2.00 bits per heavy atom. The first-order valence-corrected chi connectivity index (χ1v) is 7.63. The maximum Gasteiger partial charge on any atom is 0.326 e. The molecule has 0 fully saturated rings. The Kier molecular flexibility index (Phi) is 7.48. The molecule has 126 valence electrons. The molecule has 1 rings (SSSR count). The lowest BCUT2D eigenvalue weighted by Crippen LogP contribution is -2.48. The number of benzene rings is 1. The van der Waals surface area contributed by atoms with Gasteiger partial charge in [0.1, 0.15) is 6.04 Å². The zero-order valence-electron chi connectivity index (χ0n) is 13.7. The summed E-state index contributed by atoms with van der Waals surface area (Å²) >= 11 is 0. The van der Waals surface area contributed by atoms with E-state index in [0.29, 0.717) is 19.4 Å². The zero-order valence-corrected chi connectivity index (χ0v) is 13.7. The van der Waals surface area contributed by atoms with E-state index in [1.54, 1.807) is 19.9 Å². The summed E-state index contributed by atoms with van der Waals surface area (Å²) in [6, 6.07) is 8.76. The number of carboxylic acids is 1. The minimum atomic E-state index is -1.04. The van der Waals surface area contributed by atoms with Crippen LogP contribution in [-0.2, 0) is 20.9 Å². The van der Waals surface area contributed by atoms with Crippen molar-refractivity contribution in [1.82, 2.24) is 5.32 Å². The van der Waals surface area contributed by atoms with Crippen molar-refractivity contribution in [3.8, 4) is 0 Å². The van der Waals surface area contributed by atoms with Crippen LogP contribution < -0.4 is 5.32 Å². The molecule has 0 heterocycles. The van der Waals surface area contributed by atoms with E-state index in [1.807, 2.05) is 30.3 Å². The Bertz CT molecular complexity index is 525. The Morgan fingerprint density at radius 1 is 1.35 bits per heavy atom. The van der Waals surface area contributed by atoms with E-state index in [4.69, 9.17) is 9.84 Å². The van der Waals surface area contributed by atoms with Crippen LogP contribution in [-0.4, -0.2) is 29.6 Å². The van der Waals surface area contributed by atoms with Crippen molar-refractivity contribution in [2.45, 2.75) is 39.3 Å². The quantitative estimate of drug-likeness (QED) is 0.650. The molecule has 0 spiro atoms. The molecule has 0 aromatic heterocycles. The number of nitrogens with one attached hydrogen (secondary N) is 1. The van der Waals surface area contributed by atoms with Crippen molar-refractivity contribution in [2.75, 3.05) is 6.61 Å². The van der Waals surface area contributed by atoms with Gasteiger partial charge < -0.3 is 15.2 Å². The third kappa shape index (κ3) is 6.65. The topological polar surface area (TPSA) is 75.6 Å². The van der Waals surface area contributed by atoms with E-state index in [9.17, 15) is 9.59 Å². The highest BCUT2D eigenvalue weighted by Gasteiger charge is 2.31. The predicted molar refractivity (Wildman–Crippen MR) is 88.9 cm³/mol. The minimum Gasteiger partial charge on any atom is -0.480 e. The van der Waals surface area contributed by atoms with Gasteiger partial charge in [-0.2, -0.15) is 0 Å². The molecule has 5 heteroatoms. The molecule has 0 aliphatic carbocycles. The number of amides is 1. The largest absolute Gasteiger partial charge is 0.480 e. The number of hydrogen-bond acceptors (Lipinski definition) is 3. The number of allylic oxidation sites excluding steroid dienone is 1. The second-order valence-corrected chi connectivity index (χ2v) is 6.09. The summed E-state index contributed by atoms with van der Waals surface area (Å²) in [6.07, 6.45) is 2.49. The van der Waals surface area contributed by atoms with Gasteiger partial charge in [-0.3, -0.25) is 4.79 Å². The van der Waals surface area contributed by atoms with Crippen LogP contribution in [0, 0.1) is 5.41 Å². The van der Waals surface area contributed by atoms with Crippen LogP contribution in [0.15, 0.2) is 43.0 Å². The van der Waals surface area contributed by atoms with Crippen LogP contribution in [0.3, 0.4) is 0 Å². The summed E-state index contributed by atoms with van der Waals surface area (Å²) in [5.74, 6) is -1.37. The molecular formula is C18H25NO4. The molecular weight excluding hydrogens is 294 g/mol. The van der Waals surface area contributed by atoms with Gasteiger partial charge in [-0.25, -0.2) is 4.79 Å². The fraction of sp³-hybridized carbons (Fsp3) is 0.444. The first-order chi connectivity index (χ1) is 10.9. The molecule has 2 N–H and O–H groups in total. The number of carbonyl (C=O) groups excluding carboxylic acids is 1. The molecule has 5 nitrogen and oxygen atoms in total. The van der Waals surface area contributed by atoms with Crippen molar-refractivity contribution in [1.29, 1.82) is 0 Å². The van der Waals surface area contributed by atoms with Gasteiger partial charge in [0.05, 0.1) is 18.6 Å². The highest BCUT2D eigenvalue weighted by molar-refractivity contribution is 5.87. The molecule has 0 aliphatic heterocycles. The Balaban J connectivity index is 2.51. The number of aliphatic carboxylic acids is 1. The van der Waals surface area contributed by atoms with Crippen molar-refractivity contribution in [3.05, 3.63) is 48.6 Å². The van der Waals surface area contributed by atoms with E-state index >= 15 is 0 Å². The zero-order chi connectivity index (χ0) is 17.3. The van der Waals surface area contributed by atoms with E-state index < -0.39 is 17.4 Å². The average molecular weight is 319 g/mol. The van der Waals surface area contributed by atoms with Gasteiger partial charge in [0.2, 0.25) is 5.91 Å². The maximum absolute atomic E-state index is 12.3. The fourth-order valence-corrected chi connectivity index (χ4v) is 1.96. The first kappa shape index (κ1) is 18.9. The Morgan fingerprint density at radius 3 is 2.57 bits per heavy atom. The summed E-state index contributed by atoms with van der Waals surface area (Å²) in [4.78, 5) is 23.5. The lowest BCUT2D eigenvalue weighted by molar-refractivity contribution is -0.144. The first-order valence-electron chi connectivity index (χ1n) is 7.63. The number of ether oxygens (including phenoxy) is 1. The second-order valence-electron chi connectivity index (χ2n) is 6.09. The average Bonchev–Trinajstić information content (AvgIpc) is 2.51. The van der Waals surface area contributed by atoms with Crippen LogP contribution in [0.4, 0.5) is 0 Å². The van der Waals surface area contributed by atoms with Gasteiger partial charge >= 0.3 is 5.97 Å². The Hall–Kier alpha value is -2.14. The highest BCUT2D eigenvalue weighted by Crippen LogP contribution is 2.17. The van der Waals surface area contributed by atoms with Gasteiger partial charge in [0.25, 0.3) is 0 Å². The summed E-state index contributed by atoms with van der Waals surface area (Å²) in [7, 11) is 0. The third-order valence-electron chi connectivity index (χ3n) is 3.45. The summed E-state index contributed by atoms with van der Waals surface area (Å²) in [5.41, 5.74) is 0.217. The minimum absolute atomic E-state index is 0.210. The number of rotatable bonds is 10. The van der Waals surface area contributed by atoms with Gasteiger partial charge in [-0.05, 0) is 32.3 Å². The lowest BCUT2D eigenvalue weighted by Gasteiger charge is -2.25. The molecule has 0 aliphatic rings. The van der Waals surface area contributed by atoms with Gasteiger partial charge in [-0.15, -0.1) is 6.58 Å². The monoisotopic (exact) mass is 319 g/mol. The maximum atomic E-state index is 12.3. The molecule has 1 aromatic rings. The third-order valence-corrected chi connectivity index (χ3v) is 3.45. The van der Waals surface area contributed by atoms with Crippen molar-refractivity contribution >= 4 is 11.9 Å². The molecule has 1 atom stereocenters. The van der Waals surface area contributed by atoms with Crippen molar-refractivity contribution in [2.24, 2.45) is 5.41 Å². The van der Waals surface area contributed by atoms with E-state index in [0.717, 1.165) is 5.56 Å². The van der Waals surface area contributed by atoms with Crippen LogP contribution in [0.2, 0.25) is 0 Å².